The molecule has 1 aliphatic heterocycles. The monoisotopic (exact) mass is 198 g/mol. The minimum atomic E-state index is -0.997. The molecule has 0 amide bonds. The molecule has 0 aromatic heterocycles. The van der Waals surface area contributed by atoms with E-state index in [1.165, 1.54) is 12.8 Å². The molecule has 1 saturated heterocycles. The van der Waals surface area contributed by atoms with E-state index in [9.17, 15) is 4.79 Å². The van der Waals surface area contributed by atoms with Gasteiger partial charge in [-0.3, -0.25) is 9.69 Å². The molecule has 0 aromatic carbocycles. The molecule has 0 aromatic rings. The van der Waals surface area contributed by atoms with Crippen LogP contribution in [0.3, 0.4) is 0 Å². The van der Waals surface area contributed by atoms with E-state index in [-0.39, 0.29) is 0 Å². The molecule has 0 spiro atoms. The van der Waals surface area contributed by atoms with Gasteiger partial charge in [0.05, 0.1) is 0 Å². The van der Waals surface area contributed by atoms with E-state index in [0.717, 1.165) is 12.5 Å². The summed E-state index contributed by atoms with van der Waals surface area (Å²) in [5, 5.41) is 8.97. The Labute approximate surface area is 84.1 Å². The van der Waals surface area contributed by atoms with Crippen molar-refractivity contribution in [2.24, 2.45) is 11.7 Å². The van der Waals surface area contributed by atoms with Crippen LogP contribution in [-0.4, -0.2) is 40.6 Å². The zero-order valence-electron chi connectivity index (χ0n) is 8.57. The number of carbonyl (C=O) groups is 1. The average Bonchev–Trinajstić information content (AvgIpc) is 2.89. The van der Waals surface area contributed by atoms with Crippen molar-refractivity contribution in [1.82, 2.24) is 4.90 Å². The molecular weight excluding hydrogens is 180 g/mol. The summed E-state index contributed by atoms with van der Waals surface area (Å²) in [6.45, 7) is 3.53. The van der Waals surface area contributed by atoms with Crippen molar-refractivity contribution in [2.45, 2.75) is 37.8 Å². The van der Waals surface area contributed by atoms with Crippen LogP contribution in [-0.2, 0) is 4.79 Å². The topological polar surface area (TPSA) is 66.6 Å². The van der Waals surface area contributed by atoms with E-state index in [1.807, 2.05) is 0 Å². The van der Waals surface area contributed by atoms with Gasteiger partial charge in [-0.15, -0.1) is 0 Å². The fraction of sp³-hybridized carbons (Fsp3) is 0.900. The zero-order valence-corrected chi connectivity index (χ0v) is 8.57. The lowest BCUT2D eigenvalue weighted by Gasteiger charge is -2.25. The van der Waals surface area contributed by atoms with Crippen LogP contribution in [0, 0.1) is 5.92 Å². The van der Waals surface area contributed by atoms with E-state index >= 15 is 0 Å². The number of hydrogen-bond donors (Lipinski definition) is 2. The zero-order chi connectivity index (χ0) is 10.3. The second-order valence-electron chi connectivity index (χ2n) is 4.76. The van der Waals surface area contributed by atoms with Crippen molar-refractivity contribution in [3.63, 3.8) is 0 Å². The van der Waals surface area contributed by atoms with Gasteiger partial charge in [-0.1, -0.05) is 0 Å². The number of likely N-dealkylation sites (tertiary alicyclic amines) is 1. The van der Waals surface area contributed by atoms with Crippen molar-refractivity contribution in [3.05, 3.63) is 0 Å². The SMILES string of the molecule is CC(C1CC1)N1CCC(N)(C(=O)O)C1. The number of carboxylic acids is 1. The second-order valence-corrected chi connectivity index (χ2v) is 4.76. The quantitative estimate of drug-likeness (QED) is 0.683. The Hall–Kier alpha value is -0.610. The Morgan fingerprint density at radius 3 is 2.71 bits per heavy atom. The maximum atomic E-state index is 10.9. The van der Waals surface area contributed by atoms with Gasteiger partial charge in [-0.25, -0.2) is 0 Å². The first kappa shape index (κ1) is 9.93. The van der Waals surface area contributed by atoms with Gasteiger partial charge in [0.15, 0.2) is 0 Å². The third-order valence-electron chi connectivity index (χ3n) is 3.64. The van der Waals surface area contributed by atoms with Gasteiger partial charge in [0, 0.05) is 19.1 Å². The van der Waals surface area contributed by atoms with Crippen LogP contribution < -0.4 is 5.73 Å². The van der Waals surface area contributed by atoms with Gasteiger partial charge in [-0.05, 0) is 32.1 Å². The van der Waals surface area contributed by atoms with Crippen LogP contribution in [0.25, 0.3) is 0 Å². The van der Waals surface area contributed by atoms with E-state index in [1.54, 1.807) is 0 Å². The van der Waals surface area contributed by atoms with E-state index in [2.05, 4.69) is 11.8 Å². The van der Waals surface area contributed by atoms with Gasteiger partial charge in [0.2, 0.25) is 0 Å². The van der Waals surface area contributed by atoms with Gasteiger partial charge in [0.1, 0.15) is 5.54 Å². The standard InChI is InChI=1S/C10H18N2O2/c1-7(8-2-3-8)12-5-4-10(11,6-12)9(13)14/h7-8H,2-6,11H2,1H3,(H,13,14). The molecule has 80 valence electrons. The minimum Gasteiger partial charge on any atom is -0.480 e. The molecule has 2 atom stereocenters. The lowest BCUT2D eigenvalue weighted by molar-refractivity contribution is -0.142. The van der Waals surface area contributed by atoms with Gasteiger partial charge in [-0.2, -0.15) is 0 Å². The van der Waals surface area contributed by atoms with Crippen LogP contribution in [0.1, 0.15) is 26.2 Å². The Morgan fingerprint density at radius 2 is 2.29 bits per heavy atom. The van der Waals surface area contributed by atoms with Gasteiger partial charge < -0.3 is 10.8 Å². The highest BCUT2D eigenvalue weighted by Crippen LogP contribution is 2.37. The molecule has 2 aliphatic rings. The number of nitrogens with two attached hydrogens (primary N) is 1. The van der Waals surface area contributed by atoms with Crippen LogP contribution in [0.2, 0.25) is 0 Å². The molecule has 0 bridgehead atoms. The molecule has 4 heteroatoms. The van der Waals surface area contributed by atoms with Crippen molar-refractivity contribution in [1.29, 1.82) is 0 Å². The van der Waals surface area contributed by atoms with Crippen LogP contribution in [0.4, 0.5) is 0 Å². The Kier molecular flexibility index (Phi) is 2.27. The molecule has 2 unspecified atom stereocenters. The summed E-state index contributed by atoms with van der Waals surface area (Å²) in [6, 6.07) is 0.514. The van der Waals surface area contributed by atoms with Gasteiger partial charge >= 0.3 is 5.97 Å². The number of rotatable bonds is 3. The normalized spacial score (nSPS) is 35.9. The summed E-state index contributed by atoms with van der Waals surface area (Å²) in [7, 11) is 0. The Balaban J connectivity index is 1.96. The molecule has 2 fully saturated rings. The summed E-state index contributed by atoms with van der Waals surface area (Å²) >= 11 is 0. The minimum absolute atomic E-state index is 0.514. The largest absolute Gasteiger partial charge is 0.480 e. The first-order valence-electron chi connectivity index (χ1n) is 5.29. The molecule has 0 radical (unpaired) electrons. The molecule has 1 aliphatic carbocycles. The molecule has 1 heterocycles. The van der Waals surface area contributed by atoms with Crippen molar-refractivity contribution < 1.29 is 9.90 Å². The first-order valence-corrected chi connectivity index (χ1v) is 5.29. The molecule has 3 N–H and O–H groups in total. The maximum Gasteiger partial charge on any atom is 0.325 e. The van der Waals surface area contributed by atoms with E-state index < -0.39 is 11.5 Å². The second kappa shape index (κ2) is 3.21. The number of hydrogen-bond acceptors (Lipinski definition) is 3. The molecular formula is C10H18N2O2. The first-order chi connectivity index (χ1) is 6.53. The highest BCUT2D eigenvalue weighted by atomic mass is 16.4. The molecule has 4 nitrogen and oxygen atoms in total. The number of nitrogens with zero attached hydrogens (tertiary/aromatic N) is 1. The smallest absolute Gasteiger partial charge is 0.325 e. The average molecular weight is 198 g/mol. The van der Waals surface area contributed by atoms with Gasteiger partial charge in [0.25, 0.3) is 0 Å². The summed E-state index contributed by atoms with van der Waals surface area (Å²) < 4.78 is 0. The van der Waals surface area contributed by atoms with Crippen LogP contribution in [0.5, 0.6) is 0 Å². The predicted molar refractivity (Wildman–Crippen MR) is 52.9 cm³/mol. The molecule has 2 rings (SSSR count). The van der Waals surface area contributed by atoms with Crippen molar-refractivity contribution >= 4 is 5.97 Å². The Morgan fingerprint density at radius 1 is 1.64 bits per heavy atom. The summed E-state index contributed by atoms with van der Waals surface area (Å²) in [5.74, 6) is -0.0749. The summed E-state index contributed by atoms with van der Waals surface area (Å²) in [5.41, 5.74) is 4.81. The highest BCUT2D eigenvalue weighted by Gasteiger charge is 2.44. The van der Waals surface area contributed by atoms with Crippen LogP contribution >= 0.6 is 0 Å². The Bertz CT molecular complexity index is 253. The van der Waals surface area contributed by atoms with E-state index in [0.29, 0.717) is 19.0 Å². The summed E-state index contributed by atoms with van der Waals surface area (Å²) in [6.07, 6.45) is 3.17. The number of aliphatic carboxylic acids is 1. The number of carboxylic acid groups (broad SMARTS) is 1. The lowest BCUT2D eigenvalue weighted by Crippen LogP contribution is -2.51. The lowest BCUT2D eigenvalue weighted by atomic mass is 10.0. The van der Waals surface area contributed by atoms with Crippen LogP contribution in [0.15, 0.2) is 0 Å². The third-order valence-corrected chi connectivity index (χ3v) is 3.64. The van der Waals surface area contributed by atoms with Crippen molar-refractivity contribution in [2.75, 3.05) is 13.1 Å². The fourth-order valence-corrected chi connectivity index (χ4v) is 2.26. The third kappa shape index (κ3) is 1.64. The predicted octanol–water partition coefficient (Wildman–Crippen LogP) is 0.273. The fourth-order valence-electron chi connectivity index (χ4n) is 2.26. The molecule has 14 heavy (non-hydrogen) atoms. The van der Waals surface area contributed by atoms with E-state index in [4.69, 9.17) is 10.8 Å². The molecule has 1 saturated carbocycles. The maximum absolute atomic E-state index is 10.9. The summed E-state index contributed by atoms with van der Waals surface area (Å²) in [4.78, 5) is 13.2. The highest BCUT2D eigenvalue weighted by molar-refractivity contribution is 5.79. The van der Waals surface area contributed by atoms with Crippen molar-refractivity contribution in [3.8, 4) is 0 Å².